The van der Waals surface area contributed by atoms with Crippen molar-refractivity contribution >= 4 is 23.1 Å². The van der Waals surface area contributed by atoms with Gasteiger partial charge in [-0.05, 0) is 18.2 Å². The molecule has 1 aromatic rings. The minimum absolute atomic E-state index is 0.336. The zero-order valence-corrected chi connectivity index (χ0v) is 9.31. The van der Waals surface area contributed by atoms with E-state index in [4.69, 9.17) is 17.0 Å². The van der Waals surface area contributed by atoms with E-state index in [0.29, 0.717) is 10.6 Å². The maximum absolute atomic E-state index is 11.8. The summed E-state index contributed by atoms with van der Waals surface area (Å²) in [5, 5.41) is 0. The number of esters is 1. The summed E-state index contributed by atoms with van der Waals surface area (Å²) in [6.07, 6.45) is 7.10. The molecule has 0 N–H and O–H groups in total. The minimum atomic E-state index is -0.444. The fourth-order valence-electron chi connectivity index (χ4n) is 1.39. The number of para-hydroxylation sites is 1. The average molecular weight is 230 g/mol. The van der Waals surface area contributed by atoms with Gasteiger partial charge in [0.25, 0.3) is 0 Å². The lowest BCUT2D eigenvalue weighted by molar-refractivity contribution is -0.135. The Labute approximate surface area is 99.2 Å². The van der Waals surface area contributed by atoms with Gasteiger partial charge in [-0.1, -0.05) is 48.6 Å². The van der Waals surface area contributed by atoms with Gasteiger partial charge in [-0.15, -0.1) is 0 Å². The standard InChI is InChI=1S/C13H10O2S/c14-13(11-8-4-5-9-12(11)16)15-10-6-2-1-3-7-10/h1-9,11H. The van der Waals surface area contributed by atoms with Crippen LogP contribution in [0, 0.1) is 5.92 Å². The Morgan fingerprint density at radius 1 is 1.19 bits per heavy atom. The molecule has 0 amide bonds. The largest absolute Gasteiger partial charge is 0.426 e. The van der Waals surface area contributed by atoms with Gasteiger partial charge in [0.1, 0.15) is 11.7 Å². The minimum Gasteiger partial charge on any atom is -0.426 e. The van der Waals surface area contributed by atoms with Gasteiger partial charge in [0.05, 0.1) is 0 Å². The molecule has 0 spiro atoms. The van der Waals surface area contributed by atoms with E-state index in [1.165, 1.54) is 0 Å². The molecular formula is C13H10O2S. The van der Waals surface area contributed by atoms with Crippen molar-refractivity contribution in [3.63, 3.8) is 0 Å². The van der Waals surface area contributed by atoms with Crippen LogP contribution in [0.4, 0.5) is 0 Å². The van der Waals surface area contributed by atoms with Crippen LogP contribution in [0.2, 0.25) is 0 Å². The zero-order valence-electron chi connectivity index (χ0n) is 8.50. The van der Waals surface area contributed by atoms with Crippen LogP contribution in [0.15, 0.2) is 54.6 Å². The maximum Gasteiger partial charge on any atom is 0.323 e. The monoisotopic (exact) mass is 230 g/mol. The zero-order chi connectivity index (χ0) is 11.4. The van der Waals surface area contributed by atoms with Crippen LogP contribution in [0.3, 0.4) is 0 Å². The SMILES string of the molecule is O=C(Oc1ccccc1)C1C=CC=CC1=S. The molecule has 1 aliphatic carbocycles. The van der Waals surface area contributed by atoms with Crippen LogP contribution in [0.1, 0.15) is 0 Å². The van der Waals surface area contributed by atoms with E-state index in [2.05, 4.69) is 0 Å². The molecule has 2 rings (SSSR count). The molecule has 3 heteroatoms. The van der Waals surface area contributed by atoms with Crippen LogP contribution >= 0.6 is 12.2 Å². The van der Waals surface area contributed by atoms with Gasteiger partial charge in [-0.2, -0.15) is 0 Å². The van der Waals surface area contributed by atoms with E-state index in [9.17, 15) is 4.79 Å². The number of carbonyl (C=O) groups excluding carboxylic acids is 1. The topological polar surface area (TPSA) is 26.3 Å². The lowest BCUT2D eigenvalue weighted by Crippen LogP contribution is -2.25. The highest BCUT2D eigenvalue weighted by molar-refractivity contribution is 7.80. The number of rotatable bonds is 2. The van der Waals surface area contributed by atoms with Crippen molar-refractivity contribution in [2.24, 2.45) is 5.92 Å². The molecule has 0 aromatic heterocycles. The number of thiocarbonyl (C=S) groups is 1. The van der Waals surface area contributed by atoms with Gasteiger partial charge < -0.3 is 4.74 Å². The van der Waals surface area contributed by atoms with Crippen LogP contribution in [0.5, 0.6) is 5.75 Å². The molecule has 0 saturated carbocycles. The van der Waals surface area contributed by atoms with E-state index >= 15 is 0 Å². The molecule has 0 saturated heterocycles. The van der Waals surface area contributed by atoms with Crippen molar-refractivity contribution in [3.05, 3.63) is 54.6 Å². The van der Waals surface area contributed by atoms with Gasteiger partial charge in [0, 0.05) is 4.86 Å². The predicted octanol–water partition coefficient (Wildman–Crippen LogP) is 2.70. The molecule has 0 radical (unpaired) electrons. The van der Waals surface area contributed by atoms with Crippen LogP contribution in [0.25, 0.3) is 0 Å². The molecule has 1 aliphatic rings. The lowest BCUT2D eigenvalue weighted by atomic mass is 10.0. The van der Waals surface area contributed by atoms with Crippen LogP contribution in [-0.2, 0) is 4.79 Å². The number of ether oxygens (including phenoxy) is 1. The van der Waals surface area contributed by atoms with Crippen molar-refractivity contribution < 1.29 is 9.53 Å². The number of carbonyl (C=O) groups is 1. The maximum atomic E-state index is 11.8. The van der Waals surface area contributed by atoms with Gasteiger partial charge >= 0.3 is 5.97 Å². The number of benzene rings is 1. The first-order valence-corrected chi connectivity index (χ1v) is 5.33. The molecule has 1 unspecified atom stereocenters. The second-order valence-corrected chi connectivity index (χ2v) is 3.83. The van der Waals surface area contributed by atoms with E-state index in [-0.39, 0.29) is 5.97 Å². The van der Waals surface area contributed by atoms with Crippen molar-refractivity contribution in [1.82, 2.24) is 0 Å². The second-order valence-electron chi connectivity index (χ2n) is 3.36. The van der Waals surface area contributed by atoms with Crippen molar-refractivity contribution in [2.75, 3.05) is 0 Å². The normalized spacial score (nSPS) is 18.5. The van der Waals surface area contributed by atoms with E-state index in [1.807, 2.05) is 24.3 Å². The first kappa shape index (κ1) is 10.8. The van der Waals surface area contributed by atoms with Gasteiger partial charge in [0.2, 0.25) is 0 Å². The Morgan fingerprint density at radius 2 is 1.94 bits per heavy atom. The summed E-state index contributed by atoms with van der Waals surface area (Å²) < 4.78 is 5.21. The molecule has 1 atom stereocenters. The molecule has 0 heterocycles. The third-order valence-corrected chi connectivity index (χ3v) is 2.59. The fourth-order valence-corrected chi connectivity index (χ4v) is 1.64. The molecule has 1 aromatic carbocycles. The van der Waals surface area contributed by atoms with E-state index in [1.54, 1.807) is 30.4 Å². The molecule has 0 aliphatic heterocycles. The smallest absolute Gasteiger partial charge is 0.323 e. The van der Waals surface area contributed by atoms with Gasteiger partial charge in [-0.3, -0.25) is 4.79 Å². The lowest BCUT2D eigenvalue weighted by Gasteiger charge is -2.13. The van der Waals surface area contributed by atoms with E-state index in [0.717, 1.165) is 0 Å². The van der Waals surface area contributed by atoms with E-state index < -0.39 is 5.92 Å². The average Bonchev–Trinajstić information content (AvgIpc) is 2.31. The Kier molecular flexibility index (Phi) is 3.27. The predicted molar refractivity (Wildman–Crippen MR) is 66.4 cm³/mol. The molecule has 2 nitrogen and oxygen atoms in total. The molecule has 16 heavy (non-hydrogen) atoms. The molecular weight excluding hydrogens is 220 g/mol. The Morgan fingerprint density at radius 3 is 2.62 bits per heavy atom. The summed E-state index contributed by atoms with van der Waals surface area (Å²) in [6.45, 7) is 0. The van der Waals surface area contributed by atoms with Crippen molar-refractivity contribution in [2.45, 2.75) is 0 Å². The Hall–Kier alpha value is -1.74. The number of allylic oxidation sites excluding steroid dienone is 3. The summed E-state index contributed by atoms with van der Waals surface area (Å²) in [4.78, 5) is 12.4. The summed E-state index contributed by atoms with van der Waals surface area (Å²) in [5.41, 5.74) is 0. The fraction of sp³-hybridized carbons (Fsp3) is 0.0769. The quantitative estimate of drug-likeness (QED) is 0.444. The Bertz CT molecular complexity index is 460. The number of hydrogen-bond acceptors (Lipinski definition) is 3. The molecule has 0 fully saturated rings. The summed E-state index contributed by atoms with van der Waals surface area (Å²) in [5.74, 6) is -0.241. The molecule has 80 valence electrons. The third kappa shape index (κ3) is 2.44. The highest BCUT2D eigenvalue weighted by Gasteiger charge is 2.22. The van der Waals surface area contributed by atoms with Crippen molar-refractivity contribution in [3.8, 4) is 5.75 Å². The van der Waals surface area contributed by atoms with Gasteiger partial charge in [-0.25, -0.2) is 0 Å². The summed E-state index contributed by atoms with van der Waals surface area (Å²) >= 11 is 5.08. The summed E-state index contributed by atoms with van der Waals surface area (Å²) in [7, 11) is 0. The highest BCUT2D eigenvalue weighted by Crippen LogP contribution is 2.15. The molecule has 0 bridgehead atoms. The van der Waals surface area contributed by atoms with Crippen molar-refractivity contribution in [1.29, 1.82) is 0 Å². The summed E-state index contributed by atoms with van der Waals surface area (Å²) in [6, 6.07) is 8.98. The number of hydrogen-bond donors (Lipinski definition) is 0. The second kappa shape index (κ2) is 4.86. The first-order valence-electron chi connectivity index (χ1n) is 4.93. The third-order valence-electron chi connectivity index (χ3n) is 2.20. The first-order chi connectivity index (χ1) is 7.77. The Balaban J connectivity index is 2.07. The van der Waals surface area contributed by atoms with Gasteiger partial charge in [0.15, 0.2) is 0 Å². The van der Waals surface area contributed by atoms with Crippen LogP contribution in [-0.4, -0.2) is 10.8 Å². The van der Waals surface area contributed by atoms with Crippen LogP contribution < -0.4 is 4.74 Å². The highest BCUT2D eigenvalue weighted by atomic mass is 32.1.